The Morgan fingerprint density at radius 2 is 2.22 bits per heavy atom. The van der Waals surface area contributed by atoms with Crippen LogP contribution in [0.25, 0.3) is 5.53 Å². The van der Waals surface area contributed by atoms with Gasteiger partial charge < -0.3 is 0 Å². The number of nitrogens with zero attached hydrogens (tertiary/aromatic N) is 2. The number of esters is 1. The maximum atomic E-state index is 11.6. The van der Waals surface area contributed by atoms with Gasteiger partial charge in [-0.3, -0.25) is 0 Å². The van der Waals surface area contributed by atoms with E-state index in [0.29, 0.717) is 9.13 Å². The average molecular weight is 360 g/mol. The van der Waals surface area contributed by atoms with Crippen LogP contribution in [0.2, 0.25) is 0 Å². The molecule has 0 unspecified atom stereocenters. The molecule has 1 aliphatic rings. The molecule has 0 N–H and O–H groups in total. The van der Waals surface area contributed by atoms with Crippen molar-refractivity contribution in [1.82, 2.24) is 0 Å². The van der Waals surface area contributed by atoms with E-state index >= 15 is 0 Å². The summed E-state index contributed by atoms with van der Waals surface area (Å²) >= 11 is -2.76. The quantitative estimate of drug-likeness (QED) is 0.270. The zero-order valence-corrected chi connectivity index (χ0v) is 11.6. The molecule has 1 aromatic carbocycles. The van der Waals surface area contributed by atoms with E-state index in [-0.39, 0.29) is 10.3 Å². The van der Waals surface area contributed by atoms with Gasteiger partial charge in [-0.05, 0) is 0 Å². The molecule has 0 amide bonds. The van der Waals surface area contributed by atoms with Gasteiger partial charge in [0.15, 0.2) is 0 Å². The normalized spacial score (nSPS) is 14.5. The van der Waals surface area contributed by atoms with Crippen molar-refractivity contribution in [3.63, 3.8) is 0 Å². The minimum atomic E-state index is -2.76. The maximum absolute atomic E-state index is 11.6. The Bertz CT molecular complexity index is 566. The van der Waals surface area contributed by atoms with E-state index in [0.717, 1.165) is 0 Å². The van der Waals surface area contributed by atoms with E-state index in [9.17, 15) is 9.59 Å². The van der Waals surface area contributed by atoms with Crippen molar-refractivity contribution in [2.24, 2.45) is 0 Å². The summed E-state index contributed by atoms with van der Waals surface area (Å²) in [6.45, 7) is 1.81. The first-order valence-electron chi connectivity index (χ1n) is 5.10. The van der Waals surface area contributed by atoms with E-state index in [1.807, 2.05) is 0 Å². The van der Waals surface area contributed by atoms with E-state index in [1.54, 1.807) is 31.2 Å². The number of rotatable bonds is 3. The van der Waals surface area contributed by atoms with E-state index in [2.05, 4.69) is 4.79 Å². The molecule has 1 aliphatic heterocycles. The Balaban J connectivity index is 2.39. The number of fused-ring (bicyclic) bond motifs is 1. The molecule has 1 aromatic rings. The number of hydrogen-bond acceptors (Lipinski definition) is 4. The van der Waals surface area contributed by atoms with Gasteiger partial charge >= 0.3 is 111 Å². The van der Waals surface area contributed by atoms with Crippen LogP contribution in [0.15, 0.2) is 24.3 Å². The van der Waals surface area contributed by atoms with Crippen LogP contribution in [-0.2, 0) is 12.6 Å². The van der Waals surface area contributed by atoms with Gasteiger partial charge in [0, 0.05) is 0 Å². The molecule has 1 heterocycles. The van der Waals surface area contributed by atoms with Crippen LogP contribution in [0.1, 0.15) is 17.3 Å². The van der Waals surface area contributed by atoms with Crippen molar-refractivity contribution >= 4 is 35.9 Å². The molecule has 0 spiro atoms. The summed E-state index contributed by atoms with van der Waals surface area (Å²) in [6.07, 6.45) is 0. The Hall–Kier alpha value is -1.73. The van der Waals surface area contributed by atoms with Crippen LogP contribution in [0.4, 0.5) is 0 Å². The van der Waals surface area contributed by atoms with E-state index in [4.69, 9.17) is 13.3 Å². The fourth-order valence-corrected chi connectivity index (χ4v) is 5.25. The van der Waals surface area contributed by atoms with Crippen LogP contribution in [-0.4, -0.2) is 27.1 Å². The number of carbonyl (C=O) groups is 2. The molecular formula is C11H9IN2O4. The molecule has 6 nitrogen and oxygen atoms in total. The molecule has 0 saturated carbocycles. The Morgan fingerprint density at radius 1 is 1.50 bits per heavy atom. The SMILES string of the molecule is CCOC(=O)C(=[N+]=[N-])I1OC(=O)c2ccccc21. The number of hydrogen-bond donors (Lipinski definition) is 0. The molecule has 0 aliphatic carbocycles. The predicted octanol–water partition coefficient (Wildman–Crippen LogP) is 1.64. The number of benzene rings is 1. The Labute approximate surface area is 110 Å². The molecule has 94 valence electrons. The predicted molar refractivity (Wildman–Crippen MR) is 69.8 cm³/mol. The van der Waals surface area contributed by atoms with Crippen molar-refractivity contribution in [3.05, 3.63) is 38.9 Å². The third kappa shape index (κ3) is 2.14. The number of halogens is 1. The molecule has 0 saturated heterocycles. The first-order chi connectivity index (χ1) is 8.69. The minimum absolute atomic E-state index is 0.164. The molecule has 0 aromatic heterocycles. The van der Waals surface area contributed by atoms with Gasteiger partial charge in [0.05, 0.1) is 0 Å². The van der Waals surface area contributed by atoms with Crippen LogP contribution in [0, 0.1) is 3.57 Å². The zero-order valence-electron chi connectivity index (χ0n) is 9.42. The summed E-state index contributed by atoms with van der Waals surface area (Å²) in [7, 11) is 0. The van der Waals surface area contributed by atoms with Gasteiger partial charge in [-0.2, -0.15) is 0 Å². The Kier molecular flexibility index (Phi) is 3.73. The van der Waals surface area contributed by atoms with Gasteiger partial charge in [-0.25, -0.2) is 0 Å². The van der Waals surface area contributed by atoms with Gasteiger partial charge in [-0.1, -0.05) is 0 Å². The molecule has 7 heteroatoms. The molecule has 0 radical (unpaired) electrons. The summed E-state index contributed by atoms with van der Waals surface area (Å²) in [5.74, 6) is -1.23. The fourth-order valence-electron chi connectivity index (χ4n) is 1.40. The van der Waals surface area contributed by atoms with Gasteiger partial charge in [0.25, 0.3) is 0 Å². The van der Waals surface area contributed by atoms with Crippen LogP contribution < -0.4 is 0 Å². The van der Waals surface area contributed by atoms with Gasteiger partial charge in [0.2, 0.25) is 0 Å². The summed E-state index contributed by atoms with van der Waals surface area (Å²) < 4.78 is 10.4. The average Bonchev–Trinajstić information content (AvgIpc) is 2.69. The van der Waals surface area contributed by atoms with Gasteiger partial charge in [-0.15, -0.1) is 0 Å². The van der Waals surface area contributed by atoms with Crippen LogP contribution in [0.5, 0.6) is 0 Å². The van der Waals surface area contributed by atoms with Crippen molar-refractivity contribution in [2.45, 2.75) is 6.92 Å². The van der Waals surface area contributed by atoms with Crippen LogP contribution >= 0.6 is 20.2 Å². The second-order valence-electron chi connectivity index (χ2n) is 3.20. The van der Waals surface area contributed by atoms with Crippen molar-refractivity contribution < 1.29 is 22.2 Å². The summed E-state index contributed by atoms with van der Waals surface area (Å²) in [6, 6.07) is 6.77. The summed E-state index contributed by atoms with van der Waals surface area (Å²) in [5.41, 5.74) is 9.35. The topological polar surface area (TPSA) is 89.0 Å². The van der Waals surface area contributed by atoms with Crippen molar-refractivity contribution in [2.75, 3.05) is 6.61 Å². The van der Waals surface area contributed by atoms with E-state index in [1.165, 1.54) is 0 Å². The molecule has 0 atom stereocenters. The molecule has 18 heavy (non-hydrogen) atoms. The van der Waals surface area contributed by atoms with Gasteiger partial charge in [0.1, 0.15) is 0 Å². The monoisotopic (exact) mass is 360 g/mol. The molecule has 2 rings (SSSR count). The standard InChI is InChI=1S/C11H9IN2O4/c1-2-17-11(16)9(14-13)12-8-6-4-3-5-7(8)10(15)18-12/h3-6H,2H2,1H3. The number of carbonyl (C=O) groups excluding carboxylic acids is 2. The third-order valence-electron chi connectivity index (χ3n) is 2.12. The summed E-state index contributed by atoms with van der Waals surface area (Å²) in [5, 5.41) is 0. The first-order valence-corrected chi connectivity index (χ1v) is 8.13. The molecule has 0 fully saturated rings. The Morgan fingerprint density at radius 3 is 2.89 bits per heavy atom. The second-order valence-corrected chi connectivity index (χ2v) is 7.25. The molecule has 0 bridgehead atoms. The zero-order chi connectivity index (χ0) is 13.1. The fraction of sp³-hybridized carbons (Fsp3) is 0.182. The molecular weight excluding hydrogens is 351 g/mol. The number of ether oxygens (including phenoxy) is 1. The first kappa shape index (κ1) is 12.7. The van der Waals surface area contributed by atoms with Crippen molar-refractivity contribution in [3.8, 4) is 0 Å². The third-order valence-corrected chi connectivity index (χ3v) is 6.54. The second kappa shape index (κ2) is 5.28. The van der Waals surface area contributed by atoms with E-state index < -0.39 is 32.2 Å². The summed E-state index contributed by atoms with van der Waals surface area (Å²) in [4.78, 5) is 26.2. The van der Waals surface area contributed by atoms with Crippen LogP contribution in [0.3, 0.4) is 0 Å². The van der Waals surface area contributed by atoms with Crippen molar-refractivity contribution in [1.29, 1.82) is 0 Å².